The van der Waals surface area contributed by atoms with E-state index in [2.05, 4.69) is 10.3 Å². The van der Waals surface area contributed by atoms with Crippen molar-refractivity contribution in [2.75, 3.05) is 5.32 Å². The first-order chi connectivity index (χ1) is 14.0. The Morgan fingerprint density at radius 1 is 1.17 bits per heavy atom. The molecule has 0 radical (unpaired) electrons. The highest BCUT2D eigenvalue weighted by Crippen LogP contribution is 2.27. The van der Waals surface area contributed by atoms with Gasteiger partial charge in [0.2, 0.25) is 0 Å². The van der Waals surface area contributed by atoms with Crippen molar-refractivity contribution in [1.29, 1.82) is 0 Å². The maximum atomic E-state index is 13.1. The molecule has 1 amide bonds. The normalized spacial score (nSPS) is 10.9. The number of nitrogens with one attached hydrogen (secondary N) is 1. The maximum Gasteiger partial charge on any atom is 0.261 e. The second-order valence-corrected chi connectivity index (χ2v) is 8.03. The van der Waals surface area contributed by atoms with Crippen LogP contribution in [0.25, 0.3) is 11.3 Å². The first-order valence-corrected chi connectivity index (χ1v) is 10.0. The number of nitrogens with zero attached hydrogens (tertiary/aromatic N) is 1. The molecule has 2 aromatic carbocycles. The van der Waals surface area contributed by atoms with Gasteiger partial charge in [-0.15, -0.1) is 11.3 Å². The quantitative estimate of drug-likeness (QED) is 0.404. The van der Waals surface area contributed by atoms with Gasteiger partial charge in [0.15, 0.2) is 5.13 Å². The number of rotatable bonds is 5. The fourth-order valence-corrected chi connectivity index (χ4v) is 3.85. The van der Waals surface area contributed by atoms with Crippen molar-refractivity contribution in [2.45, 2.75) is 13.3 Å². The van der Waals surface area contributed by atoms with Crippen LogP contribution in [-0.4, -0.2) is 10.9 Å². The van der Waals surface area contributed by atoms with E-state index in [1.54, 1.807) is 31.3 Å². The van der Waals surface area contributed by atoms with Crippen LogP contribution in [0.1, 0.15) is 26.6 Å². The summed E-state index contributed by atoms with van der Waals surface area (Å²) < 4.78 is 18.8. The molecule has 0 aliphatic carbocycles. The lowest BCUT2D eigenvalue weighted by Gasteiger charge is -2.00. The topological polar surface area (TPSA) is 55.1 Å². The number of amides is 1. The minimum absolute atomic E-state index is 0.299. The van der Waals surface area contributed by atoms with Gasteiger partial charge >= 0.3 is 0 Å². The third kappa shape index (κ3) is 4.55. The molecule has 29 heavy (non-hydrogen) atoms. The summed E-state index contributed by atoms with van der Waals surface area (Å²) in [4.78, 5) is 18.0. The molecule has 2 heterocycles. The number of furan rings is 1. The van der Waals surface area contributed by atoms with Gasteiger partial charge in [-0.2, -0.15) is 0 Å². The zero-order chi connectivity index (χ0) is 20.4. The number of carbonyl (C=O) groups is 1. The molecule has 0 fully saturated rings. The average molecular weight is 427 g/mol. The van der Waals surface area contributed by atoms with Gasteiger partial charge < -0.3 is 4.42 Å². The van der Waals surface area contributed by atoms with E-state index in [1.807, 2.05) is 24.3 Å². The molecule has 0 bridgehead atoms. The van der Waals surface area contributed by atoms with E-state index in [0.717, 1.165) is 10.4 Å². The van der Waals surface area contributed by atoms with Gasteiger partial charge in [-0.05, 0) is 55.0 Å². The molecule has 4 aromatic rings. The van der Waals surface area contributed by atoms with Crippen LogP contribution in [0.3, 0.4) is 0 Å². The number of hydrogen-bond acceptors (Lipinski definition) is 4. The van der Waals surface area contributed by atoms with Crippen LogP contribution < -0.4 is 5.32 Å². The Bertz CT molecular complexity index is 1150. The molecule has 0 aliphatic rings. The Morgan fingerprint density at radius 3 is 2.62 bits per heavy atom. The minimum Gasteiger partial charge on any atom is -0.461 e. The van der Waals surface area contributed by atoms with E-state index in [9.17, 15) is 9.18 Å². The largest absolute Gasteiger partial charge is 0.461 e. The van der Waals surface area contributed by atoms with Gasteiger partial charge in [0.05, 0.1) is 5.56 Å². The Balaban J connectivity index is 1.46. The van der Waals surface area contributed by atoms with E-state index in [-0.39, 0.29) is 11.7 Å². The van der Waals surface area contributed by atoms with E-state index in [4.69, 9.17) is 16.0 Å². The number of anilines is 1. The van der Waals surface area contributed by atoms with Crippen LogP contribution in [0.5, 0.6) is 0 Å². The summed E-state index contributed by atoms with van der Waals surface area (Å²) in [6, 6.07) is 15.2. The molecule has 0 atom stereocenters. The fraction of sp³-hybridized carbons (Fsp3) is 0.0909. The number of hydrogen-bond donors (Lipinski definition) is 1. The zero-order valence-corrected chi connectivity index (χ0v) is 17.0. The predicted molar refractivity (Wildman–Crippen MR) is 113 cm³/mol. The monoisotopic (exact) mass is 426 g/mol. The third-order valence-corrected chi connectivity index (χ3v) is 5.52. The SMILES string of the molecule is Cc1oc(-c2ccc(F)cc2)cc1C(=O)Nc1ncc(Cc2ccc(Cl)cc2)s1. The molecule has 0 aliphatic heterocycles. The summed E-state index contributed by atoms with van der Waals surface area (Å²) in [6.07, 6.45) is 2.46. The van der Waals surface area contributed by atoms with Gasteiger partial charge in [0.25, 0.3) is 5.91 Å². The number of aryl methyl sites for hydroxylation is 1. The number of halogens is 2. The van der Waals surface area contributed by atoms with Gasteiger partial charge in [0.1, 0.15) is 17.3 Å². The highest BCUT2D eigenvalue weighted by Gasteiger charge is 2.17. The Labute approximate surface area is 176 Å². The lowest BCUT2D eigenvalue weighted by atomic mass is 10.1. The Hall–Kier alpha value is -2.96. The second kappa shape index (κ2) is 8.19. The standard InChI is InChI=1S/C22H16ClFN2O2S/c1-13-19(11-20(28-13)15-4-8-17(24)9-5-15)21(27)26-22-25-12-18(29-22)10-14-2-6-16(23)7-3-14/h2-9,11-12H,10H2,1H3,(H,25,26,27). The molecule has 0 spiro atoms. The number of benzene rings is 2. The van der Waals surface area contributed by atoms with E-state index < -0.39 is 0 Å². The van der Waals surface area contributed by atoms with Crippen molar-refractivity contribution in [1.82, 2.24) is 4.98 Å². The molecule has 0 saturated heterocycles. The lowest BCUT2D eigenvalue weighted by Crippen LogP contribution is -2.11. The van der Waals surface area contributed by atoms with Crippen molar-refractivity contribution in [3.05, 3.63) is 93.4 Å². The van der Waals surface area contributed by atoms with Crippen LogP contribution in [-0.2, 0) is 6.42 Å². The molecule has 0 unspecified atom stereocenters. The molecule has 1 N–H and O–H groups in total. The third-order valence-electron chi connectivity index (χ3n) is 4.36. The zero-order valence-electron chi connectivity index (χ0n) is 15.4. The van der Waals surface area contributed by atoms with Crippen LogP contribution in [0.4, 0.5) is 9.52 Å². The van der Waals surface area contributed by atoms with Crippen molar-refractivity contribution in [2.24, 2.45) is 0 Å². The van der Waals surface area contributed by atoms with Crippen LogP contribution in [0, 0.1) is 12.7 Å². The Morgan fingerprint density at radius 2 is 1.90 bits per heavy atom. The van der Waals surface area contributed by atoms with Gasteiger partial charge in [-0.1, -0.05) is 23.7 Å². The van der Waals surface area contributed by atoms with Crippen LogP contribution in [0.15, 0.2) is 65.2 Å². The summed E-state index contributed by atoms with van der Waals surface area (Å²) in [5, 5.41) is 4.03. The van der Waals surface area contributed by atoms with Gasteiger partial charge in [0, 0.05) is 28.1 Å². The molecular weight excluding hydrogens is 411 g/mol. The van der Waals surface area contributed by atoms with Crippen molar-refractivity contribution >= 4 is 34.0 Å². The molecule has 4 rings (SSSR count). The highest BCUT2D eigenvalue weighted by molar-refractivity contribution is 7.15. The number of aromatic nitrogens is 1. The number of carbonyl (C=O) groups excluding carboxylic acids is 1. The summed E-state index contributed by atoms with van der Waals surface area (Å²) in [5.74, 6) is 0.371. The summed E-state index contributed by atoms with van der Waals surface area (Å²) in [6.45, 7) is 1.72. The summed E-state index contributed by atoms with van der Waals surface area (Å²) in [7, 11) is 0. The summed E-state index contributed by atoms with van der Waals surface area (Å²) >= 11 is 7.33. The molecule has 0 saturated carbocycles. The van der Waals surface area contributed by atoms with E-state index >= 15 is 0 Å². The first kappa shape index (κ1) is 19.4. The first-order valence-electron chi connectivity index (χ1n) is 8.85. The fourth-order valence-electron chi connectivity index (χ4n) is 2.88. The Kier molecular flexibility index (Phi) is 5.47. The van der Waals surface area contributed by atoms with Gasteiger partial charge in [-0.3, -0.25) is 10.1 Å². The average Bonchev–Trinajstić information content (AvgIpc) is 3.30. The molecule has 146 valence electrons. The summed E-state index contributed by atoms with van der Waals surface area (Å²) in [5.41, 5.74) is 2.23. The lowest BCUT2D eigenvalue weighted by molar-refractivity contribution is 0.102. The van der Waals surface area contributed by atoms with E-state index in [0.29, 0.717) is 39.2 Å². The number of thiazole rings is 1. The van der Waals surface area contributed by atoms with Crippen molar-refractivity contribution < 1.29 is 13.6 Å². The second-order valence-electron chi connectivity index (χ2n) is 6.48. The molecular formula is C22H16ClFN2O2S. The van der Waals surface area contributed by atoms with E-state index in [1.165, 1.54) is 23.5 Å². The smallest absolute Gasteiger partial charge is 0.261 e. The molecule has 7 heteroatoms. The van der Waals surface area contributed by atoms with Gasteiger partial charge in [-0.25, -0.2) is 9.37 Å². The highest BCUT2D eigenvalue weighted by atomic mass is 35.5. The van der Waals surface area contributed by atoms with Crippen molar-refractivity contribution in [3.63, 3.8) is 0 Å². The predicted octanol–water partition coefficient (Wildman–Crippen LogP) is 6.35. The van der Waals surface area contributed by atoms with Crippen LogP contribution in [0.2, 0.25) is 5.02 Å². The van der Waals surface area contributed by atoms with Crippen LogP contribution >= 0.6 is 22.9 Å². The molecule has 4 nitrogen and oxygen atoms in total. The van der Waals surface area contributed by atoms with Crippen molar-refractivity contribution in [3.8, 4) is 11.3 Å². The minimum atomic E-state index is -0.326. The molecule has 2 aromatic heterocycles. The maximum absolute atomic E-state index is 13.1.